The molecule has 0 saturated carbocycles. The van der Waals surface area contributed by atoms with Gasteiger partial charge in [0.1, 0.15) is 5.75 Å². The molecule has 0 saturated heterocycles. The van der Waals surface area contributed by atoms with Crippen LogP contribution in [-0.4, -0.2) is 34.2 Å². The van der Waals surface area contributed by atoms with Gasteiger partial charge in [-0.2, -0.15) is 9.78 Å². The molecule has 32 heavy (non-hydrogen) atoms. The number of benzene rings is 3. The molecule has 0 bridgehead atoms. The van der Waals surface area contributed by atoms with E-state index in [0.29, 0.717) is 27.9 Å². The minimum atomic E-state index is -1.000. The van der Waals surface area contributed by atoms with Crippen LogP contribution in [0.25, 0.3) is 16.5 Å². The van der Waals surface area contributed by atoms with Crippen molar-refractivity contribution in [1.29, 1.82) is 0 Å². The van der Waals surface area contributed by atoms with Crippen molar-refractivity contribution in [2.45, 2.75) is 6.10 Å². The first-order valence-electron chi connectivity index (χ1n) is 9.99. The van der Waals surface area contributed by atoms with Crippen LogP contribution in [0.15, 0.2) is 83.7 Å². The van der Waals surface area contributed by atoms with Crippen LogP contribution in [0.1, 0.15) is 10.5 Å². The Morgan fingerprint density at radius 1 is 0.906 bits per heavy atom. The lowest BCUT2D eigenvalue weighted by molar-refractivity contribution is -0.124. The van der Waals surface area contributed by atoms with Crippen molar-refractivity contribution in [2.75, 3.05) is 11.4 Å². The van der Waals surface area contributed by atoms with Gasteiger partial charge in [-0.1, -0.05) is 48.5 Å². The van der Waals surface area contributed by atoms with E-state index in [-0.39, 0.29) is 17.8 Å². The zero-order valence-corrected chi connectivity index (χ0v) is 16.8. The SMILES string of the molecule is NC(=O)[C@H]1CN(C(=O)c2nn(-c3ccccc3)c(=O)c3ccccc23)c2ccccc2O1. The summed E-state index contributed by atoms with van der Waals surface area (Å²) in [5, 5.41) is 5.23. The molecule has 2 amide bonds. The largest absolute Gasteiger partial charge is 0.477 e. The molecule has 2 heterocycles. The third-order valence-electron chi connectivity index (χ3n) is 5.34. The monoisotopic (exact) mass is 426 g/mol. The molecule has 8 heteroatoms. The molecule has 158 valence electrons. The first-order chi connectivity index (χ1) is 15.5. The van der Waals surface area contributed by atoms with E-state index in [2.05, 4.69) is 5.10 Å². The molecule has 3 aromatic carbocycles. The van der Waals surface area contributed by atoms with Gasteiger partial charge in [0.2, 0.25) is 0 Å². The van der Waals surface area contributed by atoms with Crippen LogP contribution in [-0.2, 0) is 4.79 Å². The highest BCUT2D eigenvalue weighted by Gasteiger charge is 2.34. The fourth-order valence-electron chi connectivity index (χ4n) is 3.79. The zero-order valence-electron chi connectivity index (χ0n) is 16.8. The molecule has 0 fully saturated rings. The van der Waals surface area contributed by atoms with Crippen LogP contribution in [0.5, 0.6) is 5.75 Å². The van der Waals surface area contributed by atoms with Gasteiger partial charge in [-0.3, -0.25) is 19.3 Å². The van der Waals surface area contributed by atoms with Crippen LogP contribution in [0.2, 0.25) is 0 Å². The van der Waals surface area contributed by atoms with Crippen molar-refractivity contribution in [2.24, 2.45) is 5.73 Å². The van der Waals surface area contributed by atoms with Crippen molar-refractivity contribution in [3.63, 3.8) is 0 Å². The van der Waals surface area contributed by atoms with Gasteiger partial charge in [0, 0.05) is 5.39 Å². The first kappa shape index (κ1) is 19.5. The molecule has 1 aliphatic rings. The van der Waals surface area contributed by atoms with Crippen LogP contribution >= 0.6 is 0 Å². The number of amides is 2. The van der Waals surface area contributed by atoms with Crippen LogP contribution in [0.3, 0.4) is 0 Å². The summed E-state index contributed by atoms with van der Waals surface area (Å²) in [6.45, 7) is -0.0638. The van der Waals surface area contributed by atoms with E-state index in [0.717, 1.165) is 0 Å². The number of nitrogens with zero attached hydrogens (tertiary/aromatic N) is 3. The van der Waals surface area contributed by atoms with Crippen LogP contribution in [0, 0.1) is 0 Å². The summed E-state index contributed by atoms with van der Waals surface area (Å²) in [4.78, 5) is 40.2. The number of rotatable bonds is 3. The van der Waals surface area contributed by atoms with Crippen LogP contribution in [0.4, 0.5) is 5.69 Å². The smallest absolute Gasteiger partial charge is 0.279 e. The predicted octanol–water partition coefficient (Wildman–Crippen LogP) is 2.28. The Hall–Kier alpha value is -4.46. The second-order valence-electron chi connectivity index (χ2n) is 7.34. The van der Waals surface area contributed by atoms with Crippen molar-refractivity contribution in [3.05, 3.63) is 94.9 Å². The van der Waals surface area contributed by atoms with Gasteiger partial charge in [0.05, 0.1) is 23.3 Å². The fraction of sp³-hybridized carbons (Fsp3) is 0.0833. The number of nitrogens with two attached hydrogens (primary N) is 1. The summed E-state index contributed by atoms with van der Waals surface area (Å²) in [6.07, 6.45) is -1.000. The Kier molecular flexibility index (Phi) is 4.67. The topological polar surface area (TPSA) is 108 Å². The summed E-state index contributed by atoms with van der Waals surface area (Å²) in [7, 11) is 0. The molecule has 0 aliphatic carbocycles. The lowest BCUT2D eigenvalue weighted by atomic mass is 10.1. The first-order valence-corrected chi connectivity index (χ1v) is 9.99. The molecule has 1 aromatic heterocycles. The quantitative estimate of drug-likeness (QED) is 0.541. The van der Waals surface area contributed by atoms with Gasteiger partial charge >= 0.3 is 0 Å². The molecule has 0 radical (unpaired) electrons. The van der Waals surface area contributed by atoms with Crippen molar-refractivity contribution in [3.8, 4) is 11.4 Å². The third kappa shape index (κ3) is 3.18. The molecule has 1 atom stereocenters. The molecule has 0 spiro atoms. The van der Waals surface area contributed by atoms with E-state index in [1.54, 1.807) is 72.8 Å². The van der Waals surface area contributed by atoms with Crippen molar-refractivity contribution < 1.29 is 14.3 Å². The Morgan fingerprint density at radius 2 is 1.56 bits per heavy atom. The Labute approximate surface area is 182 Å². The highest BCUT2D eigenvalue weighted by Crippen LogP contribution is 2.34. The molecular formula is C24H18N4O4. The second-order valence-corrected chi connectivity index (χ2v) is 7.34. The molecular weight excluding hydrogens is 408 g/mol. The van der Waals surface area contributed by atoms with Crippen molar-refractivity contribution >= 4 is 28.3 Å². The molecule has 8 nitrogen and oxygen atoms in total. The lowest BCUT2D eigenvalue weighted by Gasteiger charge is -2.33. The standard InChI is InChI=1S/C24H18N4O4/c25-22(29)20-14-27(18-12-6-7-13-19(18)32-20)24(31)21-16-10-4-5-11-17(16)23(30)28(26-21)15-8-2-1-3-9-15/h1-13,20H,14H2,(H2,25,29)/t20-/m1/s1. The Balaban J connectivity index is 1.71. The second kappa shape index (κ2) is 7.66. The van der Waals surface area contributed by atoms with Gasteiger partial charge in [-0.15, -0.1) is 0 Å². The molecule has 5 rings (SSSR count). The lowest BCUT2D eigenvalue weighted by Crippen LogP contribution is -2.49. The Bertz CT molecular complexity index is 1410. The minimum Gasteiger partial charge on any atom is -0.477 e. The molecule has 4 aromatic rings. The number of aromatic nitrogens is 2. The number of ether oxygens (including phenoxy) is 1. The normalized spacial score (nSPS) is 15.1. The Morgan fingerprint density at radius 3 is 2.31 bits per heavy atom. The number of hydrogen-bond donors (Lipinski definition) is 1. The summed E-state index contributed by atoms with van der Waals surface area (Å²) in [5.74, 6) is -0.770. The minimum absolute atomic E-state index is 0.0638. The number of carbonyl (C=O) groups excluding carboxylic acids is 2. The van der Waals surface area contributed by atoms with E-state index in [1.165, 1.54) is 9.58 Å². The van der Waals surface area contributed by atoms with Gasteiger partial charge in [-0.05, 0) is 30.3 Å². The summed E-state index contributed by atoms with van der Waals surface area (Å²) < 4.78 is 6.88. The number of carbonyl (C=O) groups is 2. The molecule has 0 unspecified atom stereocenters. The average molecular weight is 426 g/mol. The van der Waals surface area contributed by atoms with E-state index in [1.807, 2.05) is 6.07 Å². The van der Waals surface area contributed by atoms with Gasteiger partial charge < -0.3 is 10.5 Å². The highest BCUT2D eigenvalue weighted by molar-refractivity contribution is 6.13. The van der Waals surface area contributed by atoms with Gasteiger partial charge in [0.15, 0.2) is 11.8 Å². The van der Waals surface area contributed by atoms with E-state index in [4.69, 9.17) is 10.5 Å². The van der Waals surface area contributed by atoms with E-state index in [9.17, 15) is 14.4 Å². The maximum atomic E-state index is 13.8. The van der Waals surface area contributed by atoms with E-state index < -0.39 is 17.9 Å². The predicted molar refractivity (Wildman–Crippen MR) is 119 cm³/mol. The van der Waals surface area contributed by atoms with Gasteiger partial charge in [0.25, 0.3) is 17.4 Å². The fourth-order valence-corrected chi connectivity index (χ4v) is 3.79. The number of anilines is 1. The number of hydrogen-bond acceptors (Lipinski definition) is 5. The number of fused-ring (bicyclic) bond motifs is 2. The average Bonchev–Trinajstić information content (AvgIpc) is 2.84. The summed E-state index contributed by atoms with van der Waals surface area (Å²) >= 11 is 0. The van der Waals surface area contributed by atoms with Gasteiger partial charge in [-0.25, -0.2) is 0 Å². The van der Waals surface area contributed by atoms with Crippen molar-refractivity contribution in [1.82, 2.24) is 9.78 Å². The van der Waals surface area contributed by atoms with Crippen LogP contribution < -0.4 is 20.9 Å². The third-order valence-corrected chi connectivity index (χ3v) is 5.34. The van der Waals surface area contributed by atoms with E-state index >= 15 is 0 Å². The maximum absolute atomic E-state index is 13.8. The number of para-hydroxylation sites is 3. The highest BCUT2D eigenvalue weighted by atomic mass is 16.5. The summed E-state index contributed by atoms with van der Waals surface area (Å²) in [6, 6.07) is 22.6. The summed E-state index contributed by atoms with van der Waals surface area (Å²) in [5.41, 5.74) is 6.26. The maximum Gasteiger partial charge on any atom is 0.279 e. The molecule has 2 N–H and O–H groups in total. The zero-order chi connectivity index (χ0) is 22.2. The molecule has 1 aliphatic heterocycles. The number of primary amides is 1.